The Labute approximate surface area is 95.4 Å². The van der Waals surface area contributed by atoms with Crippen LogP contribution in [0.2, 0.25) is 0 Å². The molecule has 1 heterocycles. The lowest BCUT2D eigenvalue weighted by Gasteiger charge is -2.25. The first-order valence-corrected chi connectivity index (χ1v) is 5.31. The van der Waals surface area contributed by atoms with Gasteiger partial charge in [-0.25, -0.2) is 4.68 Å². The van der Waals surface area contributed by atoms with Crippen molar-refractivity contribution in [1.29, 1.82) is 0 Å². The zero-order chi connectivity index (χ0) is 12.3. The summed E-state index contributed by atoms with van der Waals surface area (Å²) in [5, 5.41) is 13.8. The third-order valence-electron chi connectivity index (χ3n) is 2.82. The maximum Gasteiger partial charge on any atom is 0.223 e. The lowest BCUT2D eigenvalue weighted by Crippen LogP contribution is -2.36. The molecule has 1 N–H and O–H groups in total. The topological polar surface area (TPSA) is 72.7 Å². The molecule has 6 heteroatoms. The maximum absolute atomic E-state index is 11.8. The molecule has 1 unspecified atom stereocenters. The molecule has 1 amide bonds. The first-order chi connectivity index (χ1) is 7.32. The van der Waals surface area contributed by atoms with Crippen LogP contribution in [0.3, 0.4) is 0 Å². The molecular formula is C10H19N5O. The standard InChI is InChI=1S/C10H19N5O/c1-7(10(2,3)4)9(16)11-6-8-12-13-14-15(8)5/h7H,6H2,1-5H3,(H,11,16). The molecule has 0 radical (unpaired) electrons. The third-order valence-corrected chi connectivity index (χ3v) is 2.82. The van der Waals surface area contributed by atoms with Crippen LogP contribution in [0.25, 0.3) is 0 Å². The van der Waals surface area contributed by atoms with E-state index in [0.717, 1.165) is 0 Å². The van der Waals surface area contributed by atoms with E-state index in [9.17, 15) is 4.79 Å². The summed E-state index contributed by atoms with van der Waals surface area (Å²) in [6.45, 7) is 8.41. The number of tetrazole rings is 1. The Morgan fingerprint density at radius 3 is 2.56 bits per heavy atom. The van der Waals surface area contributed by atoms with Gasteiger partial charge in [-0.05, 0) is 15.8 Å². The van der Waals surface area contributed by atoms with Crippen LogP contribution in [-0.2, 0) is 18.4 Å². The highest BCUT2D eigenvalue weighted by molar-refractivity contribution is 5.78. The lowest BCUT2D eigenvalue weighted by molar-refractivity contribution is -0.127. The summed E-state index contributed by atoms with van der Waals surface area (Å²) in [4.78, 5) is 11.8. The highest BCUT2D eigenvalue weighted by Gasteiger charge is 2.26. The van der Waals surface area contributed by atoms with Gasteiger partial charge in [0, 0.05) is 13.0 Å². The number of nitrogens with one attached hydrogen (secondary N) is 1. The molecule has 6 nitrogen and oxygen atoms in total. The van der Waals surface area contributed by atoms with E-state index in [1.165, 1.54) is 0 Å². The Kier molecular flexibility index (Phi) is 3.62. The second kappa shape index (κ2) is 4.59. The number of carbonyl (C=O) groups is 1. The maximum atomic E-state index is 11.8. The van der Waals surface area contributed by atoms with Crippen LogP contribution in [0.1, 0.15) is 33.5 Å². The third kappa shape index (κ3) is 3.01. The van der Waals surface area contributed by atoms with Gasteiger partial charge in [0.15, 0.2) is 5.82 Å². The molecular weight excluding hydrogens is 206 g/mol. The van der Waals surface area contributed by atoms with E-state index in [2.05, 4.69) is 20.8 Å². The molecule has 16 heavy (non-hydrogen) atoms. The van der Waals surface area contributed by atoms with E-state index in [0.29, 0.717) is 12.4 Å². The fourth-order valence-corrected chi connectivity index (χ4v) is 1.11. The van der Waals surface area contributed by atoms with E-state index >= 15 is 0 Å². The summed E-state index contributed by atoms with van der Waals surface area (Å²) in [5.41, 5.74) is -0.0395. The first-order valence-electron chi connectivity index (χ1n) is 5.31. The van der Waals surface area contributed by atoms with Gasteiger partial charge in [0.25, 0.3) is 0 Å². The van der Waals surface area contributed by atoms with Crippen LogP contribution in [0.15, 0.2) is 0 Å². The van der Waals surface area contributed by atoms with Crippen molar-refractivity contribution in [1.82, 2.24) is 25.5 Å². The zero-order valence-electron chi connectivity index (χ0n) is 10.5. The van der Waals surface area contributed by atoms with Crippen molar-refractivity contribution in [3.05, 3.63) is 5.82 Å². The van der Waals surface area contributed by atoms with Gasteiger partial charge in [-0.2, -0.15) is 0 Å². The van der Waals surface area contributed by atoms with Crippen molar-refractivity contribution < 1.29 is 4.79 Å². The molecule has 0 aromatic carbocycles. The molecule has 0 aliphatic heterocycles. The SMILES string of the molecule is CC(C(=O)NCc1nnnn1C)C(C)(C)C. The number of aromatic nitrogens is 4. The average Bonchev–Trinajstić information content (AvgIpc) is 2.58. The average molecular weight is 225 g/mol. The summed E-state index contributed by atoms with van der Waals surface area (Å²) in [5.74, 6) is 0.624. The van der Waals surface area contributed by atoms with E-state index in [1.54, 1.807) is 11.7 Å². The van der Waals surface area contributed by atoms with Gasteiger partial charge < -0.3 is 5.32 Å². The summed E-state index contributed by atoms with van der Waals surface area (Å²) in [7, 11) is 1.74. The van der Waals surface area contributed by atoms with Gasteiger partial charge in [0.1, 0.15) is 0 Å². The van der Waals surface area contributed by atoms with Crippen LogP contribution in [-0.4, -0.2) is 26.1 Å². The van der Waals surface area contributed by atoms with Crippen molar-refractivity contribution in [3.63, 3.8) is 0 Å². The zero-order valence-corrected chi connectivity index (χ0v) is 10.5. The van der Waals surface area contributed by atoms with Gasteiger partial charge in [-0.15, -0.1) is 5.10 Å². The molecule has 0 bridgehead atoms. The Morgan fingerprint density at radius 1 is 1.50 bits per heavy atom. The van der Waals surface area contributed by atoms with Crippen molar-refractivity contribution >= 4 is 5.91 Å². The molecule has 1 aromatic rings. The lowest BCUT2D eigenvalue weighted by atomic mass is 9.81. The smallest absolute Gasteiger partial charge is 0.223 e. The van der Waals surface area contributed by atoms with Gasteiger partial charge in [0.2, 0.25) is 5.91 Å². The van der Waals surface area contributed by atoms with Gasteiger partial charge in [0.05, 0.1) is 6.54 Å². The number of hydrogen-bond donors (Lipinski definition) is 1. The number of rotatable bonds is 3. The Bertz CT molecular complexity index is 366. The van der Waals surface area contributed by atoms with Gasteiger partial charge in [-0.3, -0.25) is 4.79 Å². The molecule has 0 saturated heterocycles. The second-order valence-electron chi connectivity index (χ2n) is 5.02. The fraction of sp³-hybridized carbons (Fsp3) is 0.800. The van der Waals surface area contributed by atoms with Crippen molar-refractivity contribution in [2.24, 2.45) is 18.4 Å². The largest absolute Gasteiger partial charge is 0.348 e. The molecule has 0 aliphatic rings. The summed E-state index contributed by atoms with van der Waals surface area (Å²) >= 11 is 0. The van der Waals surface area contributed by atoms with E-state index < -0.39 is 0 Å². The molecule has 0 fully saturated rings. The summed E-state index contributed by atoms with van der Waals surface area (Å²) in [6, 6.07) is 0. The van der Waals surface area contributed by atoms with E-state index in [1.807, 2.05) is 27.7 Å². The van der Waals surface area contributed by atoms with E-state index in [-0.39, 0.29) is 17.2 Å². The van der Waals surface area contributed by atoms with Crippen LogP contribution in [0.4, 0.5) is 0 Å². The van der Waals surface area contributed by atoms with Crippen LogP contribution >= 0.6 is 0 Å². The molecule has 1 aromatic heterocycles. The summed E-state index contributed by atoms with van der Waals surface area (Å²) in [6.07, 6.45) is 0. The van der Waals surface area contributed by atoms with Crippen LogP contribution in [0, 0.1) is 11.3 Å². The predicted octanol–water partition coefficient (Wildman–Crippen LogP) is 0.508. The van der Waals surface area contributed by atoms with Gasteiger partial charge >= 0.3 is 0 Å². The number of hydrogen-bond acceptors (Lipinski definition) is 4. The highest BCUT2D eigenvalue weighted by Crippen LogP contribution is 2.25. The first kappa shape index (κ1) is 12.6. The Hall–Kier alpha value is -1.46. The van der Waals surface area contributed by atoms with Crippen LogP contribution < -0.4 is 5.32 Å². The molecule has 0 saturated carbocycles. The number of amides is 1. The minimum atomic E-state index is -0.0475. The minimum Gasteiger partial charge on any atom is -0.348 e. The molecule has 0 spiro atoms. The Balaban J connectivity index is 2.51. The van der Waals surface area contributed by atoms with Crippen molar-refractivity contribution in [3.8, 4) is 0 Å². The molecule has 1 atom stereocenters. The minimum absolute atomic E-state index is 0.0236. The number of aryl methyl sites for hydroxylation is 1. The van der Waals surface area contributed by atoms with Gasteiger partial charge in [-0.1, -0.05) is 27.7 Å². The second-order valence-corrected chi connectivity index (χ2v) is 5.02. The number of nitrogens with zero attached hydrogens (tertiary/aromatic N) is 4. The summed E-state index contributed by atoms with van der Waals surface area (Å²) < 4.78 is 1.54. The van der Waals surface area contributed by atoms with E-state index in [4.69, 9.17) is 0 Å². The van der Waals surface area contributed by atoms with Crippen LogP contribution in [0.5, 0.6) is 0 Å². The van der Waals surface area contributed by atoms with Crippen molar-refractivity contribution in [2.75, 3.05) is 0 Å². The Morgan fingerprint density at radius 2 is 2.12 bits per heavy atom. The number of carbonyl (C=O) groups excluding carboxylic acids is 1. The monoisotopic (exact) mass is 225 g/mol. The quantitative estimate of drug-likeness (QED) is 0.813. The van der Waals surface area contributed by atoms with Crippen molar-refractivity contribution in [2.45, 2.75) is 34.2 Å². The predicted molar refractivity (Wildman–Crippen MR) is 59.3 cm³/mol. The molecule has 1 rings (SSSR count). The fourth-order valence-electron chi connectivity index (χ4n) is 1.11. The highest BCUT2D eigenvalue weighted by atomic mass is 16.1. The normalized spacial score (nSPS) is 13.6. The molecule has 0 aliphatic carbocycles. The molecule has 90 valence electrons.